The van der Waals surface area contributed by atoms with Crippen LogP contribution in [0, 0.1) is 0 Å². The van der Waals surface area contributed by atoms with Gasteiger partial charge in [0.15, 0.2) is 0 Å². The molecule has 0 atom stereocenters. The molecule has 24 heavy (non-hydrogen) atoms. The average Bonchev–Trinajstić information content (AvgIpc) is 3.34. The van der Waals surface area contributed by atoms with Gasteiger partial charge < -0.3 is 9.67 Å². The van der Waals surface area contributed by atoms with E-state index in [4.69, 9.17) is 0 Å². The van der Waals surface area contributed by atoms with Gasteiger partial charge in [0, 0.05) is 36.3 Å². The molecule has 3 aromatic rings. The van der Waals surface area contributed by atoms with Crippen LogP contribution in [0.25, 0.3) is 10.9 Å². The molecule has 1 aromatic carbocycles. The zero-order valence-corrected chi connectivity index (χ0v) is 13.7. The molecule has 1 aliphatic carbocycles. The van der Waals surface area contributed by atoms with Crippen molar-refractivity contribution in [3.63, 3.8) is 0 Å². The molecular weight excluding hydrogens is 300 g/mol. The number of carboxylic acid groups (broad SMARTS) is 1. The molecule has 0 radical (unpaired) electrons. The number of aryl methyl sites for hydroxylation is 1. The van der Waals surface area contributed by atoms with Crippen molar-refractivity contribution in [2.75, 3.05) is 0 Å². The highest BCUT2D eigenvalue weighted by atomic mass is 16.4. The Morgan fingerprint density at radius 2 is 2.17 bits per heavy atom. The lowest BCUT2D eigenvalue weighted by atomic mass is 10.00. The zero-order chi connectivity index (χ0) is 16.7. The number of aromatic nitrogens is 2. The topological polar surface area (TPSA) is 55.1 Å². The number of fused-ring (bicyclic) bond motifs is 1. The number of carboxylic acids is 1. The highest BCUT2D eigenvalue weighted by molar-refractivity contribution is 5.90. The van der Waals surface area contributed by atoms with Crippen LogP contribution >= 0.6 is 0 Å². The molecule has 1 aliphatic rings. The van der Waals surface area contributed by atoms with Crippen LogP contribution in [0.15, 0.2) is 42.7 Å². The van der Waals surface area contributed by atoms with Crippen molar-refractivity contribution in [1.29, 1.82) is 0 Å². The smallest absolute Gasteiger partial charge is 0.337 e. The van der Waals surface area contributed by atoms with Gasteiger partial charge in [-0.15, -0.1) is 0 Å². The summed E-state index contributed by atoms with van der Waals surface area (Å²) in [6.07, 6.45) is 6.76. The summed E-state index contributed by atoms with van der Waals surface area (Å²) >= 11 is 0. The number of hydrogen-bond acceptors (Lipinski definition) is 2. The third-order valence-corrected chi connectivity index (χ3v) is 4.87. The standard InChI is InChI=1S/C20H20N2O2/c1-2-22-9-8-16-14(4-3-5-19(16)22)11-18-17(20(23)24)10-15(12-21-18)13-6-7-13/h3-5,8-10,12-13H,2,6-7,11H2,1H3,(H,23,24). The van der Waals surface area contributed by atoms with Gasteiger partial charge in [-0.25, -0.2) is 4.79 Å². The number of nitrogens with zero attached hydrogens (tertiary/aromatic N) is 2. The summed E-state index contributed by atoms with van der Waals surface area (Å²) in [6, 6.07) is 10.1. The summed E-state index contributed by atoms with van der Waals surface area (Å²) in [5, 5.41) is 10.8. The second kappa shape index (κ2) is 5.78. The van der Waals surface area contributed by atoms with Gasteiger partial charge in [-0.2, -0.15) is 0 Å². The Morgan fingerprint density at radius 3 is 2.88 bits per heavy atom. The normalized spacial score (nSPS) is 14.2. The molecule has 0 bridgehead atoms. The van der Waals surface area contributed by atoms with Gasteiger partial charge >= 0.3 is 5.97 Å². The van der Waals surface area contributed by atoms with Gasteiger partial charge in [0.05, 0.1) is 11.3 Å². The minimum Gasteiger partial charge on any atom is -0.478 e. The molecule has 122 valence electrons. The Bertz CT molecular complexity index is 923. The largest absolute Gasteiger partial charge is 0.478 e. The molecule has 0 amide bonds. The quantitative estimate of drug-likeness (QED) is 0.765. The molecule has 0 spiro atoms. The van der Waals surface area contributed by atoms with E-state index in [9.17, 15) is 9.90 Å². The van der Waals surface area contributed by atoms with Gasteiger partial charge in [-0.3, -0.25) is 4.98 Å². The minimum absolute atomic E-state index is 0.339. The van der Waals surface area contributed by atoms with Crippen LogP contribution in [0.5, 0.6) is 0 Å². The third kappa shape index (κ3) is 2.58. The van der Waals surface area contributed by atoms with E-state index in [0.29, 0.717) is 23.6 Å². The zero-order valence-electron chi connectivity index (χ0n) is 13.7. The van der Waals surface area contributed by atoms with E-state index in [1.54, 1.807) is 0 Å². The highest BCUT2D eigenvalue weighted by Gasteiger charge is 2.26. The van der Waals surface area contributed by atoms with Crippen LogP contribution in [-0.2, 0) is 13.0 Å². The molecule has 4 rings (SSSR count). The SMILES string of the molecule is CCn1ccc2c(Cc3ncc(C4CC4)cc3C(=O)O)cccc21. The maximum atomic E-state index is 11.7. The Kier molecular flexibility index (Phi) is 3.60. The molecule has 4 nitrogen and oxygen atoms in total. The summed E-state index contributed by atoms with van der Waals surface area (Å²) in [7, 11) is 0. The Hall–Kier alpha value is -2.62. The van der Waals surface area contributed by atoms with Gasteiger partial charge in [-0.1, -0.05) is 12.1 Å². The third-order valence-electron chi connectivity index (χ3n) is 4.87. The lowest BCUT2D eigenvalue weighted by Crippen LogP contribution is -2.07. The first-order valence-corrected chi connectivity index (χ1v) is 8.46. The molecule has 2 heterocycles. The van der Waals surface area contributed by atoms with E-state index >= 15 is 0 Å². The van der Waals surface area contributed by atoms with E-state index in [0.717, 1.165) is 30.5 Å². The van der Waals surface area contributed by atoms with Crippen molar-refractivity contribution in [3.8, 4) is 0 Å². The number of benzene rings is 1. The monoisotopic (exact) mass is 320 g/mol. The van der Waals surface area contributed by atoms with E-state index < -0.39 is 5.97 Å². The lowest BCUT2D eigenvalue weighted by Gasteiger charge is -2.09. The first-order chi connectivity index (χ1) is 11.7. The van der Waals surface area contributed by atoms with Gasteiger partial charge in [0.25, 0.3) is 0 Å². The van der Waals surface area contributed by atoms with Crippen molar-refractivity contribution < 1.29 is 9.90 Å². The Morgan fingerprint density at radius 1 is 1.33 bits per heavy atom. The van der Waals surface area contributed by atoms with Crippen molar-refractivity contribution in [1.82, 2.24) is 9.55 Å². The second-order valence-corrected chi connectivity index (χ2v) is 6.47. The summed E-state index contributed by atoms with van der Waals surface area (Å²) < 4.78 is 2.20. The highest BCUT2D eigenvalue weighted by Crippen LogP contribution is 2.40. The summed E-state index contributed by atoms with van der Waals surface area (Å²) in [5.74, 6) is -0.384. The van der Waals surface area contributed by atoms with Crippen LogP contribution < -0.4 is 0 Å². The Balaban J connectivity index is 1.75. The molecule has 0 aliphatic heterocycles. The number of hydrogen-bond donors (Lipinski definition) is 1. The van der Waals surface area contributed by atoms with Gasteiger partial charge in [0.1, 0.15) is 0 Å². The summed E-state index contributed by atoms with van der Waals surface area (Å²) in [6.45, 7) is 3.04. The van der Waals surface area contributed by atoms with Crippen molar-refractivity contribution in [2.45, 2.75) is 38.6 Å². The first kappa shape index (κ1) is 14.9. The van der Waals surface area contributed by atoms with Crippen LogP contribution in [0.2, 0.25) is 0 Å². The molecule has 0 saturated heterocycles. The molecule has 1 N–H and O–H groups in total. The first-order valence-electron chi connectivity index (χ1n) is 8.46. The average molecular weight is 320 g/mol. The Labute approximate surface area is 140 Å². The number of pyridine rings is 1. The van der Waals surface area contributed by atoms with Crippen LogP contribution in [-0.4, -0.2) is 20.6 Å². The maximum absolute atomic E-state index is 11.7. The maximum Gasteiger partial charge on any atom is 0.337 e. The minimum atomic E-state index is -0.890. The fourth-order valence-electron chi connectivity index (χ4n) is 3.37. The number of carbonyl (C=O) groups is 1. The van der Waals surface area contributed by atoms with E-state index in [-0.39, 0.29) is 0 Å². The number of rotatable bonds is 5. The number of aromatic carboxylic acids is 1. The summed E-state index contributed by atoms with van der Waals surface area (Å²) in [4.78, 5) is 16.2. The fourth-order valence-corrected chi connectivity index (χ4v) is 3.37. The molecular formula is C20H20N2O2. The molecule has 1 saturated carbocycles. The molecule has 4 heteroatoms. The van der Waals surface area contributed by atoms with Crippen molar-refractivity contribution in [2.24, 2.45) is 0 Å². The summed E-state index contributed by atoms with van der Waals surface area (Å²) in [5.41, 5.74) is 4.34. The second-order valence-electron chi connectivity index (χ2n) is 6.47. The van der Waals surface area contributed by atoms with Crippen LogP contribution in [0.3, 0.4) is 0 Å². The van der Waals surface area contributed by atoms with E-state index in [1.165, 1.54) is 10.9 Å². The molecule has 2 aromatic heterocycles. The molecule has 1 fully saturated rings. The van der Waals surface area contributed by atoms with Gasteiger partial charge in [-0.05, 0) is 55.0 Å². The van der Waals surface area contributed by atoms with Gasteiger partial charge in [0.2, 0.25) is 0 Å². The fraction of sp³-hybridized carbons (Fsp3) is 0.300. The van der Waals surface area contributed by atoms with Crippen molar-refractivity contribution in [3.05, 3.63) is 65.1 Å². The lowest BCUT2D eigenvalue weighted by molar-refractivity contribution is 0.0695. The predicted molar refractivity (Wildman–Crippen MR) is 93.6 cm³/mol. The van der Waals surface area contributed by atoms with Crippen LogP contribution in [0.1, 0.15) is 52.9 Å². The van der Waals surface area contributed by atoms with Crippen LogP contribution in [0.4, 0.5) is 0 Å². The van der Waals surface area contributed by atoms with E-state index in [2.05, 4.69) is 40.9 Å². The predicted octanol–water partition coefficient (Wildman–Crippen LogP) is 4.22. The molecule has 0 unspecified atom stereocenters. The van der Waals surface area contributed by atoms with Crippen molar-refractivity contribution >= 4 is 16.9 Å². The van der Waals surface area contributed by atoms with E-state index in [1.807, 2.05) is 18.3 Å².